The summed E-state index contributed by atoms with van der Waals surface area (Å²) < 4.78 is 0. The average molecular weight is 209 g/mol. The van der Waals surface area contributed by atoms with Crippen LogP contribution in [0.5, 0.6) is 5.75 Å². The van der Waals surface area contributed by atoms with Crippen LogP contribution in [0.15, 0.2) is 24.3 Å². The van der Waals surface area contributed by atoms with Gasteiger partial charge >= 0.3 is 11.7 Å². The summed E-state index contributed by atoms with van der Waals surface area (Å²) in [6.45, 7) is 0. The van der Waals surface area contributed by atoms with Gasteiger partial charge in [0.25, 0.3) is 0 Å². The van der Waals surface area contributed by atoms with Gasteiger partial charge in [-0.25, -0.2) is 4.79 Å². The zero-order valence-electron chi connectivity index (χ0n) is 7.45. The number of hydrogen-bond acceptors (Lipinski definition) is 4. The Hall–Kier alpha value is -2.37. The first kappa shape index (κ1) is 10.7. The molecule has 1 aromatic rings. The van der Waals surface area contributed by atoms with Gasteiger partial charge in [-0.2, -0.15) is 0 Å². The second kappa shape index (κ2) is 4.23. The Morgan fingerprint density at radius 1 is 1.47 bits per heavy atom. The maximum absolute atomic E-state index is 10.4. The maximum atomic E-state index is 10.4. The molecular weight excluding hydrogens is 202 g/mol. The van der Waals surface area contributed by atoms with Crippen molar-refractivity contribution in [2.75, 3.05) is 0 Å². The van der Waals surface area contributed by atoms with Crippen molar-refractivity contribution >= 4 is 17.7 Å². The Morgan fingerprint density at radius 2 is 2.13 bits per heavy atom. The fraction of sp³-hybridized carbons (Fsp3) is 0. The molecule has 0 radical (unpaired) electrons. The number of nitro groups is 1. The molecule has 0 atom stereocenters. The molecule has 0 spiro atoms. The summed E-state index contributed by atoms with van der Waals surface area (Å²) in [4.78, 5) is 19.9. The molecule has 0 amide bonds. The molecule has 1 aromatic carbocycles. The van der Waals surface area contributed by atoms with Crippen LogP contribution in [0.4, 0.5) is 5.69 Å². The van der Waals surface area contributed by atoms with Crippen LogP contribution in [0.1, 0.15) is 5.56 Å². The van der Waals surface area contributed by atoms with Gasteiger partial charge in [-0.3, -0.25) is 10.1 Å². The molecule has 2 N–H and O–H groups in total. The lowest BCUT2D eigenvalue weighted by Crippen LogP contribution is -1.90. The summed E-state index contributed by atoms with van der Waals surface area (Å²) in [7, 11) is 0. The standard InChI is InChI=1S/C9H7NO5/c11-8(12)5-4-6-2-1-3-7(9(6)13)10(14)15/h1-5,13H,(H,11,12)/b5-4+. The quantitative estimate of drug-likeness (QED) is 0.445. The molecule has 1 rings (SSSR count). The lowest BCUT2D eigenvalue weighted by molar-refractivity contribution is -0.385. The van der Waals surface area contributed by atoms with Gasteiger partial charge in [0, 0.05) is 17.7 Å². The van der Waals surface area contributed by atoms with E-state index < -0.39 is 22.3 Å². The van der Waals surface area contributed by atoms with Crippen molar-refractivity contribution in [3.63, 3.8) is 0 Å². The number of rotatable bonds is 3. The molecule has 0 bridgehead atoms. The topological polar surface area (TPSA) is 101 Å². The van der Waals surface area contributed by atoms with Gasteiger partial charge in [-0.15, -0.1) is 0 Å². The van der Waals surface area contributed by atoms with E-state index in [1.54, 1.807) is 0 Å². The number of benzene rings is 1. The highest BCUT2D eigenvalue weighted by atomic mass is 16.6. The first-order chi connectivity index (χ1) is 7.02. The van der Waals surface area contributed by atoms with Gasteiger partial charge in [0.2, 0.25) is 5.75 Å². The third kappa shape index (κ3) is 2.53. The van der Waals surface area contributed by atoms with E-state index in [1.165, 1.54) is 12.1 Å². The van der Waals surface area contributed by atoms with Crippen molar-refractivity contribution in [3.8, 4) is 5.75 Å². The van der Waals surface area contributed by atoms with Gasteiger partial charge in [0.05, 0.1) is 4.92 Å². The van der Waals surface area contributed by atoms with Crippen molar-refractivity contribution in [1.82, 2.24) is 0 Å². The normalized spacial score (nSPS) is 10.4. The lowest BCUT2D eigenvalue weighted by Gasteiger charge is -1.98. The van der Waals surface area contributed by atoms with Gasteiger partial charge in [0.1, 0.15) is 0 Å². The molecule has 0 unspecified atom stereocenters. The second-order valence-electron chi connectivity index (χ2n) is 2.64. The third-order valence-electron chi connectivity index (χ3n) is 1.65. The van der Waals surface area contributed by atoms with E-state index in [-0.39, 0.29) is 5.56 Å². The summed E-state index contributed by atoms with van der Waals surface area (Å²) in [6, 6.07) is 3.87. The molecule has 0 fully saturated rings. The van der Waals surface area contributed by atoms with Gasteiger partial charge in [-0.1, -0.05) is 12.1 Å². The smallest absolute Gasteiger partial charge is 0.328 e. The average Bonchev–Trinajstić information content (AvgIpc) is 2.15. The molecule has 0 heterocycles. The van der Waals surface area contributed by atoms with Crippen LogP contribution in [0.3, 0.4) is 0 Å². The first-order valence-corrected chi connectivity index (χ1v) is 3.89. The van der Waals surface area contributed by atoms with Crippen LogP contribution in [0.2, 0.25) is 0 Å². The Labute approximate surface area is 84.2 Å². The molecule has 0 aromatic heterocycles. The van der Waals surface area contributed by atoms with Crippen LogP contribution >= 0.6 is 0 Å². The molecule has 6 heteroatoms. The number of aromatic hydroxyl groups is 1. The number of phenols is 1. The number of carbonyl (C=O) groups is 1. The minimum absolute atomic E-state index is 0.0894. The van der Waals surface area contributed by atoms with E-state index in [9.17, 15) is 20.0 Å². The van der Waals surface area contributed by atoms with E-state index in [4.69, 9.17) is 5.11 Å². The van der Waals surface area contributed by atoms with Crippen molar-refractivity contribution in [2.24, 2.45) is 0 Å². The molecule has 78 valence electrons. The van der Waals surface area contributed by atoms with Crippen molar-refractivity contribution in [3.05, 3.63) is 40.0 Å². The number of nitro benzene ring substituents is 1. The van der Waals surface area contributed by atoms with Crippen LogP contribution in [-0.2, 0) is 4.79 Å². The van der Waals surface area contributed by atoms with Gasteiger partial charge in [-0.05, 0) is 6.08 Å². The largest absolute Gasteiger partial charge is 0.502 e. The monoisotopic (exact) mass is 209 g/mol. The summed E-state index contributed by atoms with van der Waals surface area (Å²) in [6.07, 6.45) is 1.88. The first-order valence-electron chi connectivity index (χ1n) is 3.89. The van der Waals surface area contributed by atoms with Gasteiger partial charge < -0.3 is 10.2 Å². The Balaban J connectivity index is 3.15. The molecule has 6 nitrogen and oxygen atoms in total. The third-order valence-corrected chi connectivity index (χ3v) is 1.65. The minimum atomic E-state index is -1.19. The highest BCUT2D eigenvalue weighted by Gasteiger charge is 2.14. The fourth-order valence-corrected chi connectivity index (χ4v) is 0.992. The van der Waals surface area contributed by atoms with Gasteiger partial charge in [0.15, 0.2) is 0 Å². The molecule has 0 saturated heterocycles. The molecule has 0 aliphatic rings. The maximum Gasteiger partial charge on any atom is 0.328 e. The van der Waals surface area contributed by atoms with E-state index in [0.717, 1.165) is 18.2 Å². The molecule has 0 aliphatic heterocycles. The molecule has 15 heavy (non-hydrogen) atoms. The van der Waals surface area contributed by atoms with E-state index in [2.05, 4.69) is 0 Å². The fourth-order valence-electron chi connectivity index (χ4n) is 0.992. The zero-order chi connectivity index (χ0) is 11.4. The number of aliphatic carboxylic acids is 1. The number of carboxylic acid groups (broad SMARTS) is 1. The lowest BCUT2D eigenvalue weighted by atomic mass is 10.1. The summed E-state index contributed by atoms with van der Waals surface area (Å²) in [5, 5.41) is 28.1. The molecule has 0 aliphatic carbocycles. The number of para-hydroxylation sites is 1. The van der Waals surface area contributed by atoms with E-state index in [0.29, 0.717) is 0 Å². The predicted molar refractivity (Wildman–Crippen MR) is 51.4 cm³/mol. The highest BCUT2D eigenvalue weighted by molar-refractivity contribution is 5.86. The van der Waals surface area contributed by atoms with Crippen LogP contribution in [-0.4, -0.2) is 21.1 Å². The van der Waals surface area contributed by atoms with Crippen LogP contribution in [0, 0.1) is 10.1 Å². The van der Waals surface area contributed by atoms with E-state index >= 15 is 0 Å². The number of carboxylic acids is 1. The van der Waals surface area contributed by atoms with Crippen LogP contribution < -0.4 is 0 Å². The van der Waals surface area contributed by atoms with Crippen molar-refractivity contribution in [2.45, 2.75) is 0 Å². The van der Waals surface area contributed by atoms with E-state index in [1.807, 2.05) is 0 Å². The predicted octanol–water partition coefficient (Wildman–Crippen LogP) is 1.40. The molecule has 0 saturated carbocycles. The van der Waals surface area contributed by atoms with Crippen molar-refractivity contribution < 1.29 is 19.9 Å². The summed E-state index contributed by atoms with van der Waals surface area (Å²) >= 11 is 0. The molecular formula is C9H7NO5. The van der Waals surface area contributed by atoms with Crippen LogP contribution in [0.25, 0.3) is 6.08 Å². The zero-order valence-corrected chi connectivity index (χ0v) is 7.45. The summed E-state index contributed by atoms with van der Waals surface area (Å²) in [5.41, 5.74) is -0.367. The Bertz CT molecular complexity index is 438. The Morgan fingerprint density at radius 3 is 2.67 bits per heavy atom. The van der Waals surface area contributed by atoms with Crippen molar-refractivity contribution in [1.29, 1.82) is 0 Å². The second-order valence-corrected chi connectivity index (χ2v) is 2.64. The number of nitrogens with zero attached hydrogens (tertiary/aromatic N) is 1. The number of hydrogen-bond donors (Lipinski definition) is 2. The number of phenolic OH excluding ortho intramolecular Hbond substituents is 1. The SMILES string of the molecule is O=C(O)/C=C/c1cccc([N+](=O)[O-])c1O. The highest BCUT2D eigenvalue weighted by Crippen LogP contribution is 2.29. The minimum Gasteiger partial charge on any atom is -0.502 e. The summed E-state index contributed by atoms with van der Waals surface area (Å²) in [5.74, 6) is -1.74. The Kier molecular flexibility index (Phi) is 3.02.